The van der Waals surface area contributed by atoms with Crippen LogP contribution in [0.4, 0.5) is 4.79 Å². The van der Waals surface area contributed by atoms with E-state index in [1.165, 1.54) is 10.2 Å². The first-order valence-electron chi connectivity index (χ1n) is 10.6. The van der Waals surface area contributed by atoms with Gasteiger partial charge in [0, 0.05) is 24.3 Å². The van der Waals surface area contributed by atoms with Crippen LogP contribution in [0.15, 0.2) is 83.9 Å². The Morgan fingerprint density at radius 2 is 1.62 bits per heavy atom. The number of rotatable bonds is 8. The lowest BCUT2D eigenvalue weighted by atomic mass is 10.1. The van der Waals surface area contributed by atoms with E-state index in [2.05, 4.69) is 32.8 Å². The predicted octanol–water partition coefficient (Wildman–Crippen LogP) is 3.27. The Morgan fingerprint density at radius 3 is 2.41 bits per heavy atom. The third kappa shape index (κ3) is 5.37. The zero-order valence-electron chi connectivity index (χ0n) is 17.7. The highest BCUT2D eigenvalue weighted by Gasteiger charge is 2.12. The molecule has 0 aliphatic heterocycles. The van der Waals surface area contributed by atoms with Crippen molar-refractivity contribution >= 4 is 16.8 Å². The minimum atomic E-state index is -0.256. The molecule has 0 bridgehead atoms. The topological polar surface area (TPSA) is 88.9 Å². The summed E-state index contributed by atoms with van der Waals surface area (Å²) in [7, 11) is 0. The summed E-state index contributed by atoms with van der Waals surface area (Å²) in [5.41, 5.74) is 2.61. The second kappa shape index (κ2) is 10.3. The summed E-state index contributed by atoms with van der Waals surface area (Å²) in [5, 5.41) is 11.6. The van der Waals surface area contributed by atoms with Crippen LogP contribution < -0.4 is 16.2 Å². The van der Waals surface area contributed by atoms with Crippen LogP contribution in [0.2, 0.25) is 0 Å². The summed E-state index contributed by atoms with van der Waals surface area (Å²) in [4.78, 5) is 29.3. The molecule has 4 aromatic rings. The highest BCUT2D eigenvalue weighted by Crippen LogP contribution is 2.13. The zero-order chi connectivity index (χ0) is 22.2. The van der Waals surface area contributed by atoms with E-state index >= 15 is 0 Å². The smallest absolute Gasteiger partial charge is 0.315 e. The van der Waals surface area contributed by atoms with Gasteiger partial charge < -0.3 is 10.6 Å². The second-order valence-corrected chi connectivity index (χ2v) is 7.51. The minimum absolute atomic E-state index is 0.168. The van der Waals surface area contributed by atoms with Crippen LogP contribution in [0.5, 0.6) is 0 Å². The molecule has 7 nitrogen and oxygen atoms in total. The van der Waals surface area contributed by atoms with Gasteiger partial charge in [0.05, 0.1) is 24.2 Å². The Balaban J connectivity index is 1.41. The van der Waals surface area contributed by atoms with Gasteiger partial charge in [0.2, 0.25) is 0 Å². The Hall–Kier alpha value is -4.00. The van der Waals surface area contributed by atoms with Gasteiger partial charge in [-0.1, -0.05) is 54.6 Å². The Labute approximate surface area is 186 Å². The maximum absolute atomic E-state index is 12.9. The van der Waals surface area contributed by atoms with Crippen LogP contribution in [-0.4, -0.2) is 27.3 Å². The standard InChI is InChI=1S/C25H25N5O2/c31-24-22-13-5-4-12-21(22)23(29-30(24)18-20-11-6-14-26-16-20)17-28-25(32)27-15-7-10-19-8-2-1-3-9-19/h1-6,8-9,11-14,16H,7,10,15,17-18H2,(H2,27,28,32). The van der Waals surface area contributed by atoms with E-state index in [0.717, 1.165) is 23.8 Å². The van der Waals surface area contributed by atoms with Gasteiger partial charge in [-0.3, -0.25) is 9.78 Å². The van der Waals surface area contributed by atoms with Crippen molar-refractivity contribution in [1.82, 2.24) is 25.4 Å². The number of carbonyl (C=O) groups excluding carboxylic acids is 1. The lowest BCUT2D eigenvalue weighted by Crippen LogP contribution is -2.36. The van der Waals surface area contributed by atoms with E-state index in [9.17, 15) is 9.59 Å². The highest BCUT2D eigenvalue weighted by molar-refractivity contribution is 5.84. The number of amides is 2. The summed E-state index contributed by atoms with van der Waals surface area (Å²) in [5.74, 6) is 0. The van der Waals surface area contributed by atoms with Gasteiger partial charge in [0.15, 0.2) is 0 Å². The van der Waals surface area contributed by atoms with Crippen molar-refractivity contribution in [2.24, 2.45) is 0 Å². The molecule has 0 aliphatic carbocycles. The SMILES string of the molecule is O=C(NCCCc1ccccc1)NCc1nn(Cc2cccnc2)c(=O)c2ccccc12. The first-order valence-corrected chi connectivity index (χ1v) is 10.6. The number of fused-ring (bicyclic) bond motifs is 1. The van der Waals surface area contributed by atoms with Crippen molar-refractivity contribution in [2.45, 2.75) is 25.9 Å². The summed E-state index contributed by atoms with van der Waals surface area (Å²) in [6.45, 7) is 1.12. The van der Waals surface area contributed by atoms with Crippen LogP contribution in [0.3, 0.4) is 0 Å². The normalized spacial score (nSPS) is 10.8. The quantitative estimate of drug-likeness (QED) is 0.423. The molecule has 7 heteroatoms. The fraction of sp³-hybridized carbons (Fsp3) is 0.200. The average molecular weight is 428 g/mol. The molecule has 2 aromatic carbocycles. The van der Waals surface area contributed by atoms with Crippen LogP contribution in [-0.2, 0) is 19.5 Å². The molecule has 0 spiro atoms. The van der Waals surface area contributed by atoms with Gasteiger partial charge in [-0.25, -0.2) is 9.48 Å². The molecule has 32 heavy (non-hydrogen) atoms. The summed E-state index contributed by atoms with van der Waals surface area (Å²) < 4.78 is 1.42. The van der Waals surface area contributed by atoms with Gasteiger partial charge in [0.25, 0.3) is 5.56 Å². The Kier molecular flexibility index (Phi) is 6.87. The summed E-state index contributed by atoms with van der Waals surface area (Å²) in [6.07, 6.45) is 5.17. The number of pyridine rings is 1. The molecular formula is C25H25N5O2. The van der Waals surface area contributed by atoms with Gasteiger partial charge >= 0.3 is 6.03 Å². The molecule has 4 rings (SSSR count). The van der Waals surface area contributed by atoms with Crippen LogP contribution in [0, 0.1) is 0 Å². The third-order valence-electron chi connectivity index (χ3n) is 5.19. The molecule has 2 amide bonds. The molecular weight excluding hydrogens is 402 g/mol. The van der Waals surface area contributed by atoms with E-state index in [0.29, 0.717) is 24.2 Å². The van der Waals surface area contributed by atoms with E-state index in [1.54, 1.807) is 18.5 Å². The monoisotopic (exact) mass is 427 g/mol. The summed E-state index contributed by atoms with van der Waals surface area (Å²) >= 11 is 0. The van der Waals surface area contributed by atoms with E-state index in [-0.39, 0.29) is 18.1 Å². The molecule has 0 radical (unpaired) electrons. The van der Waals surface area contributed by atoms with Crippen LogP contribution in [0.1, 0.15) is 23.2 Å². The van der Waals surface area contributed by atoms with E-state index in [4.69, 9.17) is 0 Å². The molecule has 0 aliphatic rings. The molecule has 0 fully saturated rings. The van der Waals surface area contributed by atoms with E-state index in [1.807, 2.05) is 48.5 Å². The van der Waals surface area contributed by atoms with Crippen molar-refractivity contribution in [2.75, 3.05) is 6.54 Å². The lowest BCUT2D eigenvalue weighted by molar-refractivity contribution is 0.240. The predicted molar refractivity (Wildman–Crippen MR) is 124 cm³/mol. The molecule has 0 saturated heterocycles. The fourth-order valence-corrected chi connectivity index (χ4v) is 3.57. The van der Waals surface area contributed by atoms with Gasteiger partial charge in [0.1, 0.15) is 0 Å². The van der Waals surface area contributed by atoms with Gasteiger partial charge in [-0.15, -0.1) is 0 Å². The number of benzene rings is 2. The minimum Gasteiger partial charge on any atom is -0.338 e. The average Bonchev–Trinajstić information content (AvgIpc) is 2.84. The zero-order valence-corrected chi connectivity index (χ0v) is 17.7. The van der Waals surface area contributed by atoms with Crippen molar-refractivity contribution in [1.29, 1.82) is 0 Å². The molecule has 2 aromatic heterocycles. The van der Waals surface area contributed by atoms with Crippen molar-refractivity contribution in [3.05, 3.63) is 106 Å². The molecule has 0 unspecified atom stereocenters. The number of carbonyl (C=O) groups is 1. The molecule has 162 valence electrons. The number of hydrogen-bond acceptors (Lipinski definition) is 4. The van der Waals surface area contributed by atoms with Crippen molar-refractivity contribution in [3.63, 3.8) is 0 Å². The highest BCUT2D eigenvalue weighted by atomic mass is 16.2. The number of aryl methyl sites for hydroxylation is 1. The van der Waals surface area contributed by atoms with Crippen LogP contribution in [0.25, 0.3) is 10.8 Å². The number of nitrogens with zero attached hydrogens (tertiary/aromatic N) is 3. The fourth-order valence-electron chi connectivity index (χ4n) is 3.57. The molecule has 0 atom stereocenters. The van der Waals surface area contributed by atoms with Crippen LogP contribution >= 0.6 is 0 Å². The first-order chi connectivity index (χ1) is 15.7. The summed E-state index contributed by atoms with van der Waals surface area (Å²) in [6, 6.07) is 21.0. The molecule has 2 N–H and O–H groups in total. The Bertz CT molecular complexity index is 1240. The van der Waals surface area contributed by atoms with Crippen molar-refractivity contribution in [3.8, 4) is 0 Å². The van der Waals surface area contributed by atoms with Gasteiger partial charge in [-0.2, -0.15) is 5.10 Å². The number of hydrogen-bond donors (Lipinski definition) is 2. The first kappa shape index (κ1) is 21.2. The number of urea groups is 1. The molecule has 0 saturated carbocycles. The van der Waals surface area contributed by atoms with Crippen molar-refractivity contribution < 1.29 is 4.79 Å². The largest absolute Gasteiger partial charge is 0.338 e. The number of aromatic nitrogens is 3. The number of nitrogens with one attached hydrogen (secondary N) is 2. The maximum atomic E-state index is 12.9. The maximum Gasteiger partial charge on any atom is 0.315 e. The molecule has 2 heterocycles. The second-order valence-electron chi connectivity index (χ2n) is 7.51. The van der Waals surface area contributed by atoms with Gasteiger partial charge in [-0.05, 0) is 36.1 Å². The third-order valence-corrected chi connectivity index (χ3v) is 5.19. The lowest BCUT2D eigenvalue weighted by Gasteiger charge is -2.12. The van der Waals surface area contributed by atoms with E-state index < -0.39 is 0 Å². The Morgan fingerprint density at radius 1 is 0.875 bits per heavy atom.